The SMILES string of the molecule is CC(C)c1cc(C(N)=O)c(NC(=O)C=Cc2ccccc2)s1. The molecule has 0 aliphatic carbocycles. The second-order valence-electron chi connectivity index (χ2n) is 5.14. The van der Waals surface area contributed by atoms with E-state index in [1.165, 1.54) is 17.4 Å². The first-order valence-corrected chi connectivity index (χ1v) is 7.76. The largest absolute Gasteiger partial charge is 0.366 e. The van der Waals surface area contributed by atoms with Gasteiger partial charge < -0.3 is 11.1 Å². The van der Waals surface area contributed by atoms with Crippen LogP contribution in [0, 0.1) is 0 Å². The molecule has 0 saturated carbocycles. The highest BCUT2D eigenvalue weighted by molar-refractivity contribution is 7.16. The van der Waals surface area contributed by atoms with Crippen LogP contribution in [-0.4, -0.2) is 11.8 Å². The summed E-state index contributed by atoms with van der Waals surface area (Å²) in [5, 5.41) is 3.23. The lowest BCUT2D eigenvalue weighted by Gasteiger charge is -2.01. The van der Waals surface area contributed by atoms with Gasteiger partial charge in [-0.15, -0.1) is 11.3 Å². The summed E-state index contributed by atoms with van der Waals surface area (Å²) in [6.45, 7) is 4.05. The number of primary amides is 1. The Hall–Kier alpha value is -2.40. The van der Waals surface area contributed by atoms with Crippen LogP contribution in [0.1, 0.15) is 40.6 Å². The van der Waals surface area contributed by atoms with Crippen molar-refractivity contribution < 1.29 is 9.59 Å². The first-order valence-electron chi connectivity index (χ1n) is 6.95. The minimum absolute atomic E-state index is 0.272. The zero-order valence-corrected chi connectivity index (χ0v) is 13.3. The third kappa shape index (κ3) is 4.05. The maximum atomic E-state index is 12.0. The van der Waals surface area contributed by atoms with Crippen LogP contribution < -0.4 is 11.1 Å². The predicted octanol–water partition coefficient (Wildman–Crippen LogP) is 3.62. The molecule has 0 saturated heterocycles. The van der Waals surface area contributed by atoms with E-state index < -0.39 is 5.91 Å². The molecule has 0 atom stereocenters. The van der Waals surface area contributed by atoms with Crippen LogP contribution in [0.2, 0.25) is 0 Å². The number of carbonyl (C=O) groups is 2. The maximum Gasteiger partial charge on any atom is 0.251 e. The number of thiophene rings is 1. The van der Waals surface area contributed by atoms with Gasteiger partial charge in [0.2, 0.25) is 5.91 Å². The molecule has 114 valence electrons. The number of nitrogens with two attached hydrogens (primary N) is 1. The fourth-order valence-corrected chi connectivity index (χ4v) is 2.93. The van der Waals surface area contributed by atoms with Gasteiger partial charge in [-0.3, -0.25) is 9.59 Å². The number of nitrogens with one attached hydrogen (secondary N) is 1. The maximum absolute atomic E-state index is 12.0. The number of amides is 2. The second kappa shape index (κ2) is 7.04. The molecule has 4 nitrogen and oxygen atoms in total. The standard InChI is InChI=1S/C17H18N2O2S/c1-11(2)14-10-13(16(18)21)17(22-14)19-15(20)9-8-12-6-4-3-5-7-12/h3-11H,1-2H3,(H2,18,21)(H,19,20). The molecule has 0 fully saturated rings. The fourth-order valence-electron chi connectivity index (χ4n) is 1.86. The second-order valence-corrected chi connectivity index (χ2v) is 6.23. The van der Waals surface area contributed by atoms with Crippen LogP contribution in [0.25, 0.3) is 6.08 Å². The van der Waals surface area contributed by atoms with Gasteiger partial charge in [-0.1, -0.05) is 44.2 Å². The van der Waals surface area contributed by atoms with E-state index in [0.29, 0.717) is 10.6 Å². The summed E-state index contributed by atoms with van der Waals surface area (Å²) >= 11 is 1.38. The zero-order chi connectivity index (χ0) is 16.1. The van der Waals surface area contributed by atoms with Crippen LogP contribution in [0.3, 0.4) is 0 Å². The van der Waals surface area contributed by atoms with E-state index in [4.69, 9.17) is 5.73 Å². The quantitative estimate of drug-likeness (QED) is 0.827. The summed E-state index contributed by atoms with van der Waals surface area (Å²) in [5.41, 5.74) is 6.66. The van der Waals surface area contributed by atoms with Crippen LogP contribution in [-0.2, 0) is 4.79 Å². The van der Waals surface area contributed by atoms with Crippen LogP contribution in [0.4, 0.5) is 5.00 Å². The molecule has 0 aliphatic heterocycles. The van der Waals surface area contributed by atoms with E-state index in [-0.39, 0.29) is 11.8 Å². The Labute approximate surface area is 133 Å². The molecule has 5 heteroatoms. The molecule has 2 rings (SSSR count). The van der Waals surface area contributed by atoms with Gasteiger partial charge in [0.1, 0.15) is 5.00 Å². The molecule has 0 unspecified atom stereocenters. The summed E-state index contributed by atoms with van der Waals surface area (Å²) in [5.74, 6) is -0.553. The molecular weight excluding hydrogens is 296 g/mol. The Bertz CT molecular complexity index is 703. The summed E-state index contributed by atoms with van der Waals surface area (Å²) in [4.78, 5) is 24.5. The Morgan fingerprint density at radius 1 is 1.23 bits per heavy atom. The summed E-state index contributed by atoms with van der Waals surface area (Å²) < 4.78 is 0. The van der Waals surface area contributed by atoms with Crippen molar-refractivity contribution in [3.05, 3.63) is 58.5 Å². The van der Waals surface area contributed by atoms with Crippen molar-refractivity contribution >= 4 is 34.2 Å². The van der Waals surface area contributed by atoms with E-state index in [1.807, 2.05) is 44.2 Å². The van der Waals surface area contributed by atoms with E-state index >= 15 is 0 Å². The van der Waals surface area contributed by atoms with Gasteiger partial charge in [-0.05, 0) is 23.6 Å². The van der Waals surface area contributed by atoms with E-state index in [9.17, 15) is 9.59 Å². The molecule has 0 radical (unpaired) electrons. The Balaban J connectivity index is 2.14. The molecule has 22 heavy (non-hydrogen) atoms. The normalized spacial score (nSPS) is 11.0. The van der Waals surface area contributed by atoms with Gasteiger partial charge in [0.05, 0.1) is 5.56 Å². The molecule has 1 aromatic heterocycles. The van der Waals surface area contributed by atoms with E-state index in [2.05, 4.69) is 5.32 Å². The predicted molar refractivity (Wildman–Crippen MR) is 91.0 cm³/mol. The monoisotopic (exact) mass is 314 g/mol. The van der Waals surface area contributed by atoms with Crippen molar-refractivity contribution in [1.29, 1.82) is 0 Å². The van der Waals surface area contributed by atoms with Crippen LogP contribution >= 0.6 is 11.3 Å². The van der Waals surface area contributed by atoms with Gasteiger partial charge in [0, 0.05) is 11.0 Å². The molecule has 3 N–H and O–H groups in total. The van der Waals surface area contributed by atoms with Crippen molar-refractivity contribution in [1.82, 2.24) is 0 Å². The molecule has 1 aromatic carbocycles. The first kappa shape index (κ1) is 16.0. The first-order chi connectivity index (χ1) is 10.5. The van der Waals surface area contributed by atoms with Gasteiger partial charge in [-0.25, -0.2) is 0 Å². The zero-order valence-electron chi connectivity index (χ0n) is 12.5. The highest BCUT2D eigenvalue weighted by Gasteiger charge is 2.16. The van der Waals surface area contributed by atoms with Crippen molar-refractivity contribution in [2.75, 3.05) is 5.32 Å². The average molecular weight is 314 g/mol. The summed E-state index contributed by atoms with van der Waals surface area (Å²) in [6.07, 6.45) is 3.16. The van der Waals surface area contributed by atoms with Crippen molar-refractivity contribution in [3.63, 3.8) is 0 Å². The minimum atomic E-state index is -0.537. The number of rotatable bonds is 5. The van der Waals surface area contributed by atoms with Crippen molar-refractivity contribution in [2.24, 2.45) is 5.73 Å². The molecule has 1 heterocycles. The Morgan fingerprint density at radius 3 is 2.50 bits per heavy atom. The van der Waals surface area contributed by atoms with Gasteiger partial charge in [-0.2, -0.15) is 0 Å². The molecule has 2 aromatic rings. The van der Waals surface area contributed by atoms with Crippen molar-refractivity contribution in [2.45, 2.75) is 19.8 Å². The Morgan fingerprint density at radius 2 is 1.91 bits per heavy atom. The number of anilines is 1. The highest BCUT2D eigenvalue weighted by Crippen LogP contribution is 2.32. The molecule has 0 spiro atoms. The molecule has 2 amide bonds. The fraction of sp³-hybridized carbons (Fsp3) is 0.176. The third-order valence-corrected chi connectivity index (χ3v) is 4.40. The number of hydrogen-bond donors (Lipinski definition) is 2. The molecule has 0 aliphatic rings. The van der Waals surface area contributed by atoms with Crippen LogP contribution in [0.15, 0.2) is 42.5 Å². The number of benzene rings is 1. The van der Waals surface area contributed by atoms with Crippen LogP contribution in [0.5, 0.6) is 0 Å². The van der Waals surface area contributed by atoms with Gasteiger partial charge >= 0.3 is 0 Å². The highest BCUT2D eigenvalue weighted by atomic mass is 32.1. The third-order valence-electron chi connectivity index (χ3n) is 3.05. The molecular formula is C17H18N2O2S. The van der Waals surface area contributed by atoms with Crippen molar-refractivity contribution in [3.8, 4) is 0 Å². The number of carbonyl (C=O) groups excluding carboxylic acids is 2. The lowest BCUT2D eigenvalue weighted by Crippen LogP contribution is -2.14. The Kier molecular flexibility index (Phi) is 5.12. The lowest BCUT2D eigenvalue weighted by atomic mass is 10.1. The summed E-state index contributed by atoms with van der Waals surface area (Å²) in [6, 6.07) is 11.3. The topological polar surface area (TPSA) is 72.2 Å². The molecule has 0 bridgehead atoms. The van der Waals surface area contributed by atoms with E-state index in [1.54, 1.807) is 12.1 Å². The van der Waals surface area contributed by atoms with Gasteiger partial charge in [0.25, 0.3) is 5.91 Å². The van der Waals surface area contributed by atoms with Gasteiger partial charge in [0.15, 0.2) is 0 Å². The summed E-state index contributed by atoms with van der Waals surface area (Å²) in [7, 11) is 0. The smallest absolute Gasteiger partial charge is 0.251 e. The number of hydrogen-bond acceptors (Lipinski definition) is 3. The average Bonchev–Trinajstić information content (AvgIpc) is 2.90. The lowest BCUT2D eigenvalue weighted by molar-refractivity contribution is -0.111. The minimum Gasteiger partial charge on any atom is -0.366 e. The van der Waals surface area contributed by atoms with E-state index in [0.717, 1.165) is 10.4 Å².